The Morgan fingerprint density at radius 3 is 2.32 bits per heavy atom. The van der Waals surface area contributed by atoms with E-state index in [9.17, 15) is 4.79 Å². The van der Waals surface area contributed by atoms with Gasteiger partial charge in [-0.2, -0.15) is 0 Å². The first-order valence-corrected chi connectivity index (χ1v) is 7.19. The van der Waals surface area contributed by atoms with Gasteiger partial charge in [0.05, 0.1) is 5.41 Å². The van der Waals surface area contributed by atoms with E-state index in [2.05, 4.69) is 37.8 Å². The molecule has 0 amide bonds. The fraction of sp³-hybridized carbons (Fsp3) is 0.588. The molecule has 0 aliphatic carbocycles. The number of piperidine rings is 1. The van der Waals surface area contributed by atoms with E-state index in [1.807, 2.05) is 18.2 Å². The SMILES string of the molecule is CC1(C)CCN(CC(C)(C=O)c2ccccc2)CC1. The first-order chi connectivity index (χ1) is 8.95. The van der Waals surface area contributed by atoms with Crippen molar-refractivity contribution in [2.45, 2.75) is 39.0 Å². The molecule has 0 N–H and O–H groups in total. The number of rotatable bonds is 4. The van der Waals surface area contributed by atoms with Gasteiger partial charge in [-0.25, -0.2) is 0 Å². The minimum absolute atomic E-state index is 0.386. The lowest BCUT2D eigenvalue weighted by atomic mass is 9.80. The Labute approximate surface area is 116 Å². The van der Waals surface area contributed by atoms with Crippen LogP contribution in [0.2, 0.25) is 0 Å². The summed E-state index contributed by atoms with van der Waals surface area (Å²) in [5, 5.41) is 0. The van der Waals surface area contributed by atoms with E-state index >= 15 is 0 Å². The summed E-state index contributed by atoms with van der Waals surface area (Å²) in [5.74, 6) is 0. The fourth-order valence-electron chi connectivity index (χ4n) is 2.80. The number of nitrogens with zero attached hydrogens (tertiary/aromatic N) is 1. The molecule has 2 rings (SSSR count). The zero-order valence-electron chi connectivity index (χ0n) is 12.4. The van der Waals surface area contributed by atoms with Crippen molar-refractivity contribution in [3.8, 4) is 0 Å². The lowest BCUT2D eigenvalue weighted by molar-refractivity contribution is -0.113. The van der Waals surface area contributed by atoms with Crippen molar-refractivity contribution in [3.05, 3.63) is 35.9 Å². The molecule has 0 radical (unpaired) electrons. The molecule has 0 bridgehead atoms. The van der Waals surface area contributed by atoms with Gasteiger partial charge in [-0.05, 0) is 43.8 Å². The average molecular weight is 259 g/mol. The molecule has 1 fully saturated rings. The van der Waals surface area contributed by atoms with Gasteiger partial charge in [-0.3, -0.25) is 0 Å². The van der Waals surface area contributed by atoms with Crippen molar-refractivity contribution in [2.24, 2.45) is 5.41 Å². The Kier molecular flexibility index (Phi) is 4.10. The predicted molar refractivity (Wildman–Crippen MR) is 79.3 cm³/mol. The monoisotopic (exact) mass is 259 g/mol. The molecular weight excluding hydrogens is 234 g/mol. The molecule has 1 aliphatic heterocycles. The second-order valence-corrected chi connectivity index (χ2v) is 6.84. The highest BCUT2D eigenvalue weighted by molar-refractivity contribution is 5.68. The van der Waals surface area contributed by atoms with Crippen molar-refractivity contribution in [1.82, 2.24) is 4.90 Å². The predicted octanol–water partition coefficient (Wildman–Crippen LogP) is 3.27. The van der Waals surface area contributed by atoms with Gasteiger partial charge in [0.15, 0.2) is 0 Å². The molecule has 19 heavy (non-hydrogen) atoms. The van der Waals surface area contributed by atoms with Gasteiger partial charge < -0.3 is 9.69 Å². The van der Waals surface area contributed by atoms with Crippen LogP contribution in [0.5, 0.6) is 0 Å². The second-order valence-electron chi connectivity index (χ2n) is 6.84. The number of hydrogen-bond acceptors (Lipinski definition) is 2. The summed E-state index contributed by atoms with van der Waals surface area (Å²) in [6, 6.07) is 10.1. The summed E-state index contributed by atoms with van der Waals surface area (Å²) in [6.07, 6.45) is 3.55. The van der Waals surface area contributed by atoms with Crippen LogP contribution in [0.4, 0.5) is 0 Å². The molecule has 1 aromatic rings. The van der Waals surface area contributed by atoms with Crippen molar-refractivity contribution in [2.75, 3.05) is 19.6 Å². The minimum atomic E-state index is -0.386. The van der Waals surface area contributed by atoms with Crippen molar-refractivity contribution in [1.29, 1.82) is 0 Å². The van der Waals surface area contributed by atoms with Crippen molar-refractivity contribution in [3.63, 3.8) is 0 Å². The third kappa shape index (κ3) is 3.44. The van der Waals surface area contributed by atoms with Gasteiger partial charge in [0.25, 0.3) is 0 Å². The highest BCUT2D eigenvalue weighted by Gasteiger charge is 2.32. The molecule has 0 aromatic heterocycles. The molecule has 1 unspecified atom stereocenters. The van der Waals surface area contributed by atoms with E-state index in [1.165, 1.54) is 12.8 Å². The summed E-state index contributed by atoms with van der Waals surface area (Å²) < 4.78 is 0. The summed E-state index contributed by atoms with van der Waals surface area (Å²) in [7, 11) is 0. The maximum Gasteiger partial charge on any atom is 0.131 e. The molecule has 0 saturated carbocycles. The van der Waals surface area contributed by atoms with Crippen LogP contribution in [-0.4, -0.2) is 30.8 Å². The van der Waals surface area contributed by atoms with Gasteiger partial charge in [-0.15, -0.1) is 0 Å². The number of carbonyl (C=O) groups is 1. The van der Waals surface area contributed by atoms with E-state index in [4.69, 9.17) is 0 Å². The first kappa shape index (κ1) is 14.3. The minimum Gasteiger partial charge on any atom is -0.302 e. The number of aldehydes is 1. The van der Waals surface area contributed by atoms with E-state index in [0.29, 0.717) is 5.41 Å². The highest BCUT2D eigenvalue weighted by atomic mass is 16.1. The van der Waals surface area contributed by atoms with Gasteiger partial charge in [-0.1, -0.05) is 44.2 Å². The Bertz CT molecular complexity index is 416. The Morgan fingerprint density at radius 2 is 1.79 bits per heavy atom. The van der Waals surface area contributed by atoms with E-state index in [0.717, 1.165) is 31.5 Å². The van der Waals surface area contributed by atoms with Gasteiger partial charge >= 0.3 is 0 Å². The molecular formula is C17H25NO. The zero-order valence-corrected chi connectivity index (χ0v) is 12.4. The Morgan fingerprint density at radius 1 is 1.21 bits per heavy atom. The van der Waals surface area contributed by atoms with Crippen LogP contribution in [0.25, 0.3) is 0 Å². The average Bonchev–Trinajstić information content (AvgIpc) is 2.42. The maximum absolute atomic E-state index is 11.6. The molecule has 2 nitrogen and oxygen atoms in total. The molecule has 2 heteroatoms. The van der Waals surface area contributed by atoms with Crippen molar-refractivity contribution >= 4 is 6.29 Å². The van der Waals surface area contributed by atoms with E-state index < -0.39 is 0 Å². The van der Waals surface area contributed by atoms with Crippen LogP contribution < -0.4 is 0 Å². The van der Waals surface area contributed by atoms with Crippen LogP contribution in [0.15, 0.2) is 30.3 Å². The maximum atomic E-state index is 11.6. The van der Waals surface area contributed by atoms with Crippen LogP contribution in [-0.2, 0) is 10.2 Å². The van der Waals surface area contributed by atoms with Gasteiger partial charge in [0.1, 0.15) is 6.29 Å². The van der Waals surface area contributed by atoms with Crippen LogP contribution in [0, 0.1) is 5.41 Å². The summed E-state index contributed by atoms with van der Waals surface area (Å²) in [6.45, 7) is 9.75. The number of likely N-dealkylation sites (tertiary alicyclic amines) is 1. The topological polar surface area (TPSA) is 20.3 Å². The molecule has 1 atom stereocenters. The lowest BCUT2D eigenvalue weighted by Crippen LogP contribution is -2.45. The van der Waals surface area contributed by atoms with Crippen LogP contribution in [0.1, 0.15) is 39.2 Å². The lowest BCUT2D eigenvalue weighted by Gasteiger charge is -2.40. The molecule has 104 valence electrons. The number of carbonyl (C=O) groups excluding carboxylic acids is 1. The normalized spacial score (nSPS) is 22.7. The molecule has 1 aliphatic rings. The van der Waals surface area contributed by atoms with E-state index in [1.54, 1.807) is 0 Å². The van der Waals surface area contributed by atoms with E-state index in [-0.39, 0.29) is 5.41 Å². The number of benzene rings is 1. The Balaban J connectivity index is 2.06. The quantitative estimate of drug-likeness (QED) is 0.774. The third-order valence-electron chi connectivity index (χ3n) is 4.46. The fourth-order valence-corrected chi connectivity index (χ4v) is 2.80. The molecule has 0 spiro atoms. The van der Waals surface area contributed by atoms with Gasteiger partial charge in [0.2, 0.25) is 0 Å². The first-order valence-electron chi connectivity index (χ1n) is 7.19. The third-order valence-corrected chi connectivity index (χ3v) is 4.46. The smallest absolute Gasteiger partial charge is 0.131 e. The highest BCUT2D eigenvalue weighted by Crippen LogP contribution is 2.31. The number of hydrogen-bond donors (Lipinski definition) is 0. The standard InChI is InChI=1S/C17H25NO/c1-16(2)9-11-18(12-10-16)13-17(3,14-19)15-7-5-4-6-8-15/h4-8,14H,9-13H2,1-3H3. The van der Waals surface area contributed by atoms with Crippen molar-refractivity contribution < 1.29 is 4.79 Å². The summed E-state index contributed by atoms with van der Waals surface area (Å²) >= 11 is 0. The van der Waals surface area contributed by atoms with Crippen LogP contribution in [0.3, 0.4) is 0 Å². The zero-order chi connectivity index (χ0) is 13.9. The van der Waals surface area contributed by atoms with Crippen LogP contribution >= 0.6 is 0 Å². The molecule has 1 saturated heterocycles. The summed E-state index contributed by atoms with van der Waals surface area (Å²) in [4.78, 5) is 14.0. The van der Waals surface area contributed by atoms with Gasteiger partial charge in [0, 0.05) is 6.54 Å². The Hall–Kier alpha value is -1.15. The molecule has 1 heterocycles. The summed E-state index contributed by atoms with van der Waals surface area (Å²) in [5.41, 5.74) is 1.19. The molecule has 1 aromatic carbocycles. The second kappa shape index (κ2) is 5.46. The largest absolute Gasteiger partial charge is 0.302 e.